The van der Waals surface area contributed by atoms with Gasteiger partial charge in [0, 0.05) is 43.2 Å². The van der Waals surface area contributed by atoms with Crippen LogP contribution in [0.2, 0.25) is 0 Å². The summed E-state index contributed by atoms with van der Waals surface area (Å²) < 4.78 is 4.83. The number of nitrogens with zero attached hydrogens (tertiary/aromatic N) is 4. The van der Waals surface area contributed by atoms with E-state index in [9.17, 15) is 4.79 Å². The van der Waals surface area contributed by atoms with Gasteiger partial charge in [-0.15, -0.1) is 11.3 Å². The van der Waals surface area contributed by atoms with E-state index in [1.807, 2.05) is 17.5 Å². The van der Waals surface area contributed by atoms with Crippen LogP contribution in [0, 0.1) is 6.92 Å². The molecule has 0 atom stereocenters. The van der Waals surface area contributed by atoms with Gasteiger partial charge in [0.05, 0.1) is 12.1 Å². The molecular formula is C15H15N5O2S. The molecule has 3 rings (SSSR count). The number of aryl methyl sites for hydroxylation is 1. The van der Waals surface area contributed by atoms with E-state index in [1.165, 1.54) is 0 Å². The predicted molar refractivity (Wildman–Crippen MR) is 84.8 cm³/mol. The molecule has 0 unspecified atom stereocenters. The molecule has 0 bridgehead atoms. The summed E-state index contributed by atoms with van der Waals surface area (Å²) >= 11 is 1.58. The Kier molecular flexibility index (Phi) is 4.72. The molecule has 0 aliphatic rings. The highest BCUT2D eigenvalue weighted by atomic mass is 32.1. The van der Waals surface area contributed by atoms with Crippen molar-refractivity contribution in [2.45, 2.75) is 19.8 Å². The molecule has 0 aliphatic heterocycles. The first-order valence-corrected chi connectivity index (χ1v) is 7.99. The smallest absolute Gasteiger partial charge is 0.227 e. The van der Waals surface area contributed by atoms with E-state index in [-0.39, 0.29) is 12.3 Å². The van der Waals surface area contributed by atoms with Crippen LogP contribution in [-0.2, 0) is 17.6 Å². The fourth-order valence-corrected chi connectivity index (χ4v) is 2.86. The third kappa shape index (κ3) is 4.19. The maximum atomic E-state index is 11.8. The Morgan fingerprint density at radius 2 is 2.13 bits per heavy atom. The molecule has 118 valence electrons. The lowest BCUT2D eigenvalue weighted by Crippen LogP contribution is -2.27. The van der Waals surface area contributed by atoms with E-state index in [1.54, 1.807) is 30.7 Å². The number of carbonyl (C=O) groups is 1. The normalized spacial score (nSPS) is 10.7. The van der Waals surface area contributed by atoms with Gasteiger partial charge >= 0.3 is 0 Å². The summed E-state index contributed by atoms with van der Waals surface area (Å²) in [5.74, 6) is 0.725. The number of pyridine rings is 1. The fourth-order valence-electron chi connectivity index (χ4n) is 2.00. The molecule has 3 aromatic rings. The molecular weight excluding hydrogens is 314 g/mol. The summed E-state index contributed by atoms with van der Waals surface area (Å²) in [6.07, 6.45) is 4.29. The topological polar surface area (TPSA) is 93.8 Å². The third-order valence-corrected chi connectivity index (χ3v) is 4.01. The monoisotopic (exact) mass is 329 g/mol. The van der Waals surface area contributed by atoms with Crippen molar-refractivity contribution in [3.05, 3.63) is 47.3 Å². The van der Waals surface area contributed by atoms with Crippen molar-refractivity contribution in [2.75, 3.05) is 6.54 Å². The van der Waals surface area contributed by atoms with Gasteiger partial charge in [-0.05, 0) is 12.1 Å². The SMILES string of the molecule is Cc1nc(CC(=O)NCCc2csc(-c3ccncc3)n2)no1. The molecule has 7 nitrogen and oxygen atoms in total. The van der Waals surface area contributed by atoms with Crippen LogP contribution in [0.25, 0.3) is 10.6 Å². The molecule has 8 heteroatoms. The molecule has 0 aliphatic carbocycles. The van der Waals surface area contributed by atoms with Crippen LogP contribution in [0.4, 0.5) is 0 Å². The van der Waals surface area contributed by atoms with Gasteiger partial charge in [0.15, 0.2) is 5.82 Å². The van der Waals surface area contributed by atoms with Crippen LogP contribution in [0.15, 0.2) is 34.4 Å². The van der Waals surface area contributed by atoms with E-state index in [0.29, 0.717) is 24.7 Å². The number of amides is 1. The minimum absolute atomic E-state index is 0.122. The van der Waals surface area contributed by atoms with Crippen LogP contribution in [0.3, 0.4) is 0 Å². The van der Waals surface area contributed by atoms with Crippen LogP contribution >= 0.6 is 11.3 Å². The van der Waals surface area contributed by atoms with Crippen LogP contribution in [0.1, 0.15) is 17.4 Å². The van der Waals surface area contributed by atoms with Gasteiger partial charge in [0.25, 0.3) is 0 Å². The van der Waals surface area contributed by atoms with Gasteiger partial charge in [-0.3, -0.25) is 9.78 Å². The minimum atomic E-state index is -0.129. The summed E-state index contributed by atoms with van der Waals surface area (Å²) in [5, 5.41) is 9.49. The van der Waals surface area contributed by atoms with Crippen LogP contribution in [-0.4, -0.2) is 32.6 Å². The molecule has 0 saturated heterocycles. The molecule has 0 aromatic carbocycles. The van der Waals surface area contributed by atoms with E-state index >= 15 is 0 Å². The summed E-state index contributed by atoms with van der Waals surface area (Å²) in [6, 6.07) is 3.86. The van der Waals surface area contributed by atoms with Crippen molar-refractivity contribution >= 4 is 17.2 Å². The second-order valence-corrected chi connectivity index (χ2v) is 5.74. The maximum absolute atomic E-state index is 11.8. The van der Waals surface area contributed by atoms with Crippen molar-refractivity contribution < 1.29 is 9.32 Å². The quantitative estimate of drug-likeness (QED) is 0.741. The number of thiazole rings is 1. The lowest BCUT2D eigenvalue weighted by atomic mass is 10.3. The Hall–Kier alpha value is -2.61. The van der Waals surface area contributed by atoms with Gasteiger partial charge in [-0.25, -0.2) is 4.98 Å². The second-order valence-electron chi connectivity index (χ2n) is 4.89. The van der Waals surface area contributed by atoms with Gasteiger partial charge in [-0.1, -0.05) is 5.16 Å². The average Bonchev–Trinajstić information content (AvgIpc) is 3.17. The van der Waals surface area contributed by atoms with Crippen LogP contribution in [0.5, 0.6) is 0 Å². The fraction of sp³-hybridized carbons (Fsp3) is 0.267. The number of rotatable bonds is 6. The molecule has 3 aromatic heterocycles. The molecule has 1 amide bonds. The number of hydrogen-bond donors (Lipinski definition) is 1. The minimum Gasteiger partial charge on any atom is -0.355 e. The molecule has 0 fully saturated rings. The predicted octanol–water partition coefficient (Wildman–Crippen LogP) is 1.80. The first kappa shape index (κ1) is 15.3. The molecule has 1 N–H and O–H groups in total. The lowest BCUT2D eigenvalue weighted by molar-refractivity contribution is -0.120. The maximum Gasteiger partial charge on any atom is 0.227 e. The third-order valence-electron chi connectivity index (χ3n) is 3.07. The summed E-state index contributed by atoms with van der Waals surface area (Å²) in [6.45, 7) is 2.21. The largest absolute Gasteiger partial charge is 0.355 e. The highest BCUT2D eigenvalue weighted by Gasteiger charge is 2.09. The van der Waals surface area contributed by atoms with Crippen molar-refractivity contribution in [1.29, 1.82) is 0 Å². The lowest BCUT2D eigenvalue weighted by Gasteiger charge is -2.01. The Bertz CT molecular complexity index is 784. The average molecular weight is 329 g/mol. The van der Waals surface area contributed by atoms with Crippen molar-refractivity contribution in [3.8, 4) is 10.6 Å². The first-order chi connectivity index (χ1) is 11.2. The first-order valence-electron chi connectivity index (χ1n) is 7.11. The summed E-state index contributed by atoms with van der Waals surface area (Å²) in [7, 11) is 0. The van der Waals surface area contributed by atoms with E-state index in [4.69, 9.17) is 4.52 Å². The Morgan fingerprint density at radius 3 is 2.87 bits per heavy atom. The zero-order chi connectivity index (χ0) is 16.1. The van der Waals surface area contributed by atoms with Crippen molar-refractivity contribution in [2.24, 2.45) is 0 Å². The molecule has 0 saturated carbocycles. The summed E-state index contributed by atoms with van der Waals surface area (Å²) in [5.41, 5.74) is 2.00. The van der Waals surface area contributed by atoms with Gasteiger partial charge in [0.2, 0.25) is 11.8 Å². The number of nitrogens with one attached hydrogen (secondary N) is 1. The van der Waals surface area contributed by atoms with Gasteiger partial charge in [-0.2, -0.15) is 4.98 Å². The zero-order valence-electron chi connectivity index (χ0n) is 12.5. The van der Waals surface area contributed by atoms with E-state index in [0.717, 1.165) is 16.3 Å². The zero-order valence-corrected chi connectivity index (χ0v) is 13.3. The van der Waals surface area contributed by atoms with E-state index in [2.05, 4.69) is 25.4 Å². The van der Waals surface area contributed by atoms with Crippen molar-refractivity contribution in [3.63, 3.8) is 0 Å². The Morgan fingerprint density at radius 1 is 1.30 bits per heavy atom. The van der Waals surface area contributed by atoms with E-state index < -0.39 is 0 Å². The number of aromatic nitrogens is 4. The highest BCUT2D eigenvalue weighted by molar-refractivity contribution is 7.13. The molecule has 23 heavy (non-hydrogen) atoms. The second kappa shape index (κ2) is 7.10. The van der Waals surface area contributed by atoms with Crippen LogP contribution < -0.4 is 5.32 Å². The molecule has 0 radical (unpaired) electrons. The number of hydrogen-bond acceptors (Lipinski definition) is 7. The number of carbonyl (C=O) groups excluding carboxylic acids is 1. The van der Waals surface area contributed by atoms with Gasteiger partial charge < -0.3 is 9.84 Å². The Labute approximate surface area is 136 Å². The Balaban J connectivity index is 1.47. The standard InChI is InChI=1S/C15H15N5O2S/c1-10-18-13(20-22-10)8-14(21)17-7-4-12-9-23-15(19-12)11-2-5-16-6-3-11/h2-3,5-6,9H,4,7-8H2,1H3,(H,17,21). The summed E-state index contributed by atoms with van der Waals surface area (Å²) in [4.78, 5) is 24.3. The van der Waals surface area contributed by atoms with Crippen molar-refractivity contribution in [1.82, 2.24) is 25.4 Å². The molecule has 3 heterocycles. The van der Waals surface area contributed by atoms with Gasteiger partial charge in [0.1, 0.15) is 5.01 Å². The molecule has 0 spiro atoms. The highest BCUT2D eigenvalue weighted by Crippen LogP contribution is 2.22.